The van der Waals surface area contributed by atoms with Gasteiger partial charge in [-0.1, -0.05) is 0 Å². The second-order valence-electron chi connectivity index (χ2n) is 1.60. The van der Waals surface area contributed by atoms with E-state index in [4.69, 9.17) is 0 Å². The number of thioether (sulfide) groups is 1. The van der Waals surface area contributed by atoms with Crippen molar-refractivity contribution in [2.45, 2.75) is 6.18 Å². The summed E-state index contributed by atoms with van der Waals surface area (Å²) in [5.74, 6) is -0.760. The van der Waals surface area contributed by atoms with Gasteiger partial charge in [0.25, 0.3) is 0 Å². The lowest BCUT2D eigenvalue weighted by Crippen LogP contribution is -2.12. The molecule has 65 valence electrons. The van der Waals surface area contributed by atoms with Gasteiger partial charge in [0.15, 0.2) is 0 Å². The van der Waals surface area contributed by atoms with Crippen LogP contribution in [0.25, 0.3) is 0 Å². The molecule has 0 aliphatic rings. The molecule has 0 heterocycles. The van der Waals surface area contributed by atoms with Crippen LogP contribution in [0.2, 0.25) is 0 Å². The summed E-state index contributed by atoms with van der Waals surface area (Å²) >= 11 is 0.671. The van der Waals surface area contributed by atoms with Crippen LogP contribution in [0.5, 0.6) is 0 Å². The van der Waals surface area contributed by atoms with Crippen molar-refractivity contribution in [1.82, 2.24) is 0 Å². The zero-order chi connectivity index (χ0) is 8.74. The Labute approximate surface area is 66.1 Å². The number of ether oxygens (including phenoxy) is 1. The Bertz CT molecular complexity index is 115. The highest BCUT2D eigenvalue weighted by atomic mass is 32.2. The van der Waals surface area contributed by atoms with Crippen molar-refractivity contribution in [2.24, 2.45) is 0 Å². The van der Waals surface area contributed by atoms with Gasteiger partial charge in [0, 0.05) is 5.75 Å². The van der Waals surface area contributed by atoms with E-state index in [-0.39, 0.29) is 12.4 Å². The molecule has 0 fully saturated rings. The van der Waals surface area contributed by atoms with E-state index in [2.05, 4.69) is 4.74 Å². The summed E-state index contributed by atoms with van der Waals surface area (Å²) in [6, 6.07) is 0. The average Bonchev–Trinajstić information content (AvgIpc) is 1.85. The number of rotatable bonds is 5. The van der Waals surface area contributed by atoms with Gasteiger partial charge in [-0.2, -0.15) is 13.2 Å². The summed E-state index contributed by atoms with van der Waals surface area (Å²) in [7, 11) is 0. The van der Waals surface area contributed by atoms with Crippen LogP contribution in [0.1, 0.15) is 0 Å². The Morgan fingerprint density at radius 2 is 2.09 bits per heavy atom. The molecule has 0 amide bonds. The lowest BCUT2D eigenvalue weighted by molar-refractivity contribution is -0.105. The van der Waals surface area contributed by atoms with Crippen molar-refractivity contribution in [1.29, 1.82) is 0 Å². The van der Waals surface area contributed by atoms with Crippen molar-refractivity contribution in [2.75, 3.05) is 18.1 Å². The normalized spacial score (nSPS) is 11.2. The van der Waals surface area contributed by atoms with E-state index in [1.54, 1.807) is 0 Å². The molecule has 1 radical (unpaired) electrons. The second-order valence-corrected chi connectivity index (χ2v) is 2.70. The average molecular weight is 187 g/mol. The molecular formula is C5H6F3O2S. The van der Waals surface area contributed by atoms with Crippen LogP contribution >= 0.6 is 11.8 Å². The molecule has 0 aromatic heterocycles. The monoisotopic (exact) mass is 187 g/mol. The molecule has 0 atom stereocenters. The first-order chi connectivity index (χ1) is 5.06. The van der Waals surface area contributed by atoms with Crippen molar-refractivity contribution >= 4 is 18.2 Å². The van der Waals surface area contributed by atoms with E-state index in [1.807, 2.05) is 0 Å². The molecule has 0 spiro atoms. The number of hydrogen-bond acceptors (Lipinski definition) is 3. The van der Waals surface area contributed by atoms with Gasteiger partial charge in [-0.25, -0.2) is 4.79 Å². The summed E-state index contributed by atoms with van der Waals surface area (Å²) in [6.07, 6.45) is -4.14. The third-order valence-corrected chi connectivity index (χ3v) is 1.64. The summed E-state index contributed by atoms with van der Waals surface area (Å²) < 4.78 is 38.3. The molecule has 2 nitrogen and oxygen atoms in total. The molecule has 0 saturated heterocycles. The molecule has 0 aliphatic carbocycles. The first-order valence-electron chi connectivity index (χ1n) is 2.69. The molecule has 0 aromatic carbocycles. The largest absolute Gasteiger partial charge is 0.456 e. The van der Waals surface area contributed by atoms with Gasteiger partial charge in [0.05, 0.1) is 5.75 Å². The summed E-state index contributed by atoms with van der Waals surface area (Å²) in [5, 5.41) is 0. The van der Waals surface area contributed by atoms with Crippen molar-refractivity contribution in [3.05, 3.63) is 0 Å². The van der Waals surface area contributed by atoms with Gasteiger partial charge in [-0.3, -0.25) is 0 Å². The number of hydrogen-bond donors (Lipinski definition) is 0. The first kappa shape index (κ1) is 10.6. The van der Waals surface area contributed by atoms with E-state index in [9.17, 15) is 18.0 Å². The van der Waals surface area contributed by atoms with Gasteiger partial charge in [0.2, 0.25) is 0 Å². The van der Waals surface area contributed by atoms with Crippen molar-refractivity contribution < 1.29 is 22.7 Å². The van der Waals surface area contributed by atoms with E-state index in [0.717, 1.165) is 6.47 Å². The zero-order valence-electron chi connectivity index (χ0n) is 5.48. The molecule has 0 unspecified atom stereocenters. The molecule has 0 saturated carbocycles. The highest BCUT2D eigenvalue weighted by Gasteiger charge is 2.26. The van der Waals surface area contributed by atoms with Gasteiger partial charge >= 0.3 is 12.6 Å². The smallest absolute Gasteiger partial charge is 0.417 e. The highest BCUT2D eigenvalue weighted by Crippen LogP contribution is 2.20. The molecule has 11 heavy (non-hydrogen) atoms. The Kier molecular flexibility index (Phi) is 5.10. The fourth-order valence-corrected chi connectivity index (χ4v) is 0.907. The lowest BCUT2D eigenvalue weighted by Gasteiger charge is -2.03. The van der Waals surface area contributed by atoms with Crippen molar-refractivity contribution in [3.63, 3.8) is 0 Å². The standard InChI is InChI=1S/C5H6F3O2S/c6-5(7,8)3-11-2-1-10-4-9/h1-3H2. The highest BCUT2D eigenvalue weighted by molar-refractivity contribution is 7.99. The molecule has 0 aliphatic heterocycles. The first-order valence-corrected chi connectivity index (χ1v) is 3.85. The van der Waals surface area contributed by atoms with Crippen LogP contribution in [0.3, 0.4) is 0 Å². The maximum Gasteiger partial charge on any atom is 0.417 e. The third-order valence-electron chi connectivity index (χ3n) is 0.654. The van der Waals surface area contributed by atoms with E-state index in [1.165, 1.54) is 0 Å². The van der Waals surface area contributed by atoms with Gasteiger partial charge in [0.1, 0.15) is 6.61 Å². The van der Waals surface area contributed by atoms with E-state index < -0.39 is 11.9 Å². The summed E-state index contributed by atoms with van der Waals surface area (Å²) in [5.41, 5.74) is 0. The Balaban J connectivity index is 3.08. The summed E-state index contributed by atoms with van der Waals surface area (Å²) in [4.78, 5) is 9.39. The minimum absolute atomic E-state index is 0.0236. The molecule has 6 heteroatoms. The fraction of sp³-hybridized carbons (Fsp3) is 0.800. The lowest BCUT2D eigenvalue weighted by atomic mass is 10.8. The van der Waals surface area contributed by atoms with Crippen LogP contribution < -0.4 is 0 Å². The minimum atomic E-state index is -4.14. The van der Waals surface area contributed by atoms with Crippen LogP contribution in [0.4, 0.5) is 13.2 Å². The number of carbonyl (C=O) groups excluding carboxylic acids is 1. The maximum absolute atomic E-state index is 11.4. The topological polar surface area (TPSA) is 26.3 Å². The molecule has 0 aromatic rings. The molecular weight excluding hydrogens is 181 g/mol. The fourth-order valence-electron chi connectivity index (χ4n) is 0.330. The predicted octanol–water partition coefficient (Wildman–Crippen LogP) is 1.37. The summed E-state index contributed by atoms with van der Waals surface area (Å²) in [6.45, 7) is 1.10. The van der Waals surface area contributed by atoms with Crippen LogP contribution in [0, 0.1) is 0 Å². The van der Waals surface area contributed by atoms with Gasteiger partial charge in [-0.15, -0.1) is 11.8 Å². The minimum Gasteiger partial charge on any atom is -0.456 e. The number of alkyl halides is 3. The molecule has 0 rings (SSSR count). The Hall–Kier alpha value is -0.390. The quantitative estimate of drug-likeness (QED) is 0.608. The second kappa shape index (κ2) is 5.29. The van der Waals surface area contributed by atoms with E-state index in [0.29, 0.717) is 11.8 Å². The van der Waals surface area contributed by atoms with Crippen LogP contribution in [-0.4, -0.2) is 30.8 Å². The Morgan fingerprint density at radius 1 is 1.45 bits per heavy atom. The maximum atomic E-state index is 11.4. The van der Waals surface area contributed by atoms with Crippen LogP contribution in [0.15, 0.2) is 0 Å². The molecule has 0 bridgehead atoms. The van der Waals surface area contributed by atoms with Crippen molar-refractivity contribution in [3.8, 4) is 0 Å². The third kappa shape index (κ3) is 9.61. The van der Waals surface area contributed by atoms with E-state index >= 15 is 0 Å². The predicted molar refractivity (Wildman–Crippen MR) is 35.0 cm³/mol. The SMILES string of the molecule is O=[C]OCCSCC(F)(F)F. The molecule has 0 N–H and O–H groups in total. The van der Waals surface area contributed by atoms with Gasteiger partial charge < -0.3 is 4.74 Å². The van der Waals surface area contributed by atoms with Crippen LogP contribution in [-0.2, 0) is 9.53 Å². The number of halogens is 3. The van der Waals surface area contributed by atoms with Gasteiger partial charge in [-0.05, 0) is 0 Å². The Morgan fingerprint density at radius 3 is 2.55 bits per heavy atom. The zero-order valence-corrected chi connectivity index (χ0v) is 6.30.